The van der Waals surface area contributed by atoms with Crippen LogP contribution in [0.5, 0.6) is 0 Å². The fourth-order valence-electron chi connectivity index (χ4n) is 3.22. The lowest BCUT2D eigenvalue weighted by Gasteiger charge is -2.24. The van der Waals surface area contributed by atoms with Crippen LogP contribution in [0.3, 0.4) is 0 Å². The van der Waals surface area contributed by atoms with E-state index in [9.17, 15) is 0 Å². The molecule has 0 saturated carbocycles. The van der Waals surface area contributed by atoms with Crippen LogP contribution in [0, 0.1) is 0 Å². The molecule has 0 amide bonds. The van der Waals surface area contributed by atoms with Crippen LogP contribution in [0.4, 0.5) is 5.69 Å². The molecule has 2 aromatic rings. The molecule has 2 aliphatic rings. The predicted molar refractivity (Wildman–Crippen MR) is 69.5 cm³/mol. The van der Waals surface area contributed by atoms with E-state index in [0.29, 0.717) is 6.04 Å². The molecule has 1 aromatic heterocycles. The van der Waals surface area contributed by atoms with Crippen LogP contribution in [0.1, 0.15) is 31.2 Å². The third-order valence-corrected chi connectivity index (χ3v) is 4.12. The van der Waals surface area contributed by atoms with Crippen LogP contribution in [0.25, 0.3) is 11.0 Å². The first-order valence-electron chi connectivity index (χ1n) is 6.60. The van der Waals surface area contributed by atoms with Crippen LogP contribution >= 0.6 is 0 Å². The maximum absolute atomic E-state index is 4.85. The monoisotopic (exact) mass is 227 g/mol. The molecule has 3 heterocycles. The summed E-state index contributed by atoms with van der Waals surface area (Å²) in [6.45, 7) is 3.40. The van der Waals surface area contributed by atoms with Gasteiger partial charge in [0.25, 0.3) is 0 Å². The first-order valence-corrected chi connectivity index (χ1v) is 6.60. The van der Waals surface area contributed by atoms with Crippen LogP contribution in [0.2, 0.25) is 0 Å². The van der Waals surface area contributed by atoms with Crippen molar-refractivity contribution in [3.05, 3.63) is 23.5 Å². The molecule has 3 heteroatoms. The third kappa shape index (κ3) is 1.25. The van der Waals surface area contributed by atoms with Gasteiger partial charge in [0.15, 0.2) is 0 Å². The maximum Gasteiger partial charge on any atom is 0.109 e. The van der Waals surface area contributed by atoms with Crippen LogP contribution in [-0.4, -0.2) is 15.6 Å². The molecule has 4 rings (SSSR count). The van der Waals surface area contributed by atoms with Crippen molar-refractivity contribution in [1.82, 2.24) is 9.55 Å². The van der Waals surface area contributed by atoms with Gasteiger partial charge >= 0.3 is 0 Å². The summed E-state index contributed by atoms with van der Waals surface area (Å²) in [5.74, 6) is 1.28. The van der Waals surface area contributed by atoms with Gasteiger partial charge in [-0.1, -0.05) is 0 Å². The highest BCUT2D eigenvalue weighted by Gasteiger charge is 2.22. The molecule has 1 aromatic carbocycles. The zero-order valence-electron chi connectivity index (χ0n) is 10.2. The number of hydrogen-bond acceptors (Lipinski definition) is 2. The van der Waals surface area contributed by atoms with Gasteiger partial charge < -0.3 is 9.88 Å². The lowest BCUT2D eigenvalue weighted by Crippen LogP contribution is -2.22. The number of anilines is 1. The van der Waals surface area contributed by atoms with Crippen molar-refractivity contribution in [2.24, 2.45) is 0 Å². The summed E-state index contributed by atoms with van der Waals surface area (Å²) in [7, 11) is 0. The SMILES string of the molecule is C[C@@H]1CCc2c(ccc3c2nc2n3CCC2)N1. The number of imidazole rings is 1. The first kappa shape index (κ1) is 9.51. The molecule has 2 aliphatic heterocycles. The maximum atomic E-state index is 4.85. The summed E-state index contributed by atoms with van der Waals surface area (Å²) >= 11 is 0. The van der Waals surface area contributed by atoms with Crippen LogP contribution in [0.15, 0.2) is 12.1 Å². The van der Waals surface area contributed by atoms with Gasteiger partial charge in [-0.05, 0) is 38.3 Å². The standard InChI is InChI=1S/C14H17N3/c1-9-4-5-10-11(15-9)6-7-12-14(10)16-13-3-2-8-17(12)13/h6-7,9,15H,2-5,8H2,1H3/t9-/m1/s1. The summed E-state index contributed by atoms with van der Waals surface area (Å²) in [4.78, 5) is 4.85. The summed E-state index contributed by atoms with van der Waals surface area (Å²) in [6, 6.07) is 5.07. The second kappa shape index (κ2) is 3.25. The minimum Gasteiger partial charge on any atom is -0.382 e. The van der Waals surface area contributed by atoms with E-state index in [1.165, 1.54) is 41.0 Å². The third-order valence-electron chi connectivity index (χ3n) is 4.12. The van der Waals surface area contributed by atoms with Crippen molar-refractivity contribution < 1.29 is 0 Å². The Hall–Kier alpha value is -1.51. The highest BCUT2D eigenvalue weighted by atomic mass is 15.1. The van der Waals surface area contributed by atoms with Gasteiger partial charge in [0.2, 0.25) is 0 Å². The Kier molecular flexibility index (Phi) is 1.82. The average molecular weight is 227 g/mol. The van der Waals surface area contributed by atoms with Crippen molar-refractivity contribution in [3.8, 4) is 0 Å². The lowest BCUT2D eigenvalue weighted by molar-refractivity contribution is 0.683. The molecule has 0 fully saturated rings. The van der Waals surface area contributed by atoms with E-state index >= 15 is 0 Å². The predicted octanol–water partition coefficient (Wildman–Crippen LogP) is 2.73. The Balaban J connectivity index is 1.98. The van der Waals surface area contributed by atoms with Gasteiger partial charge in [-0.25, -0.2) is 4.98 Å². The normalized spacial score (nSPS) is 22.3. The minimum absolute atomic E-state index is 0.592. The molecule has 0 aliphatic carbocycles. The van der Waals surface area contributed by atoms with Crippen molar-refractivity contribution in [2.45, 2.75) is 45.2 Å². The Labute approximate surface area is 101 Å². The highest BCUT2D eigenvalue weighted by molar-refractivity contribution is 5.86. The van der Waals surface area contributed by atoms with Crippen LogP contribution in [-0.2, 0) is 19.4 Å². The molecular weight excluding hydrogens is 210 g/mol. The van der Waals surface area contributed by atoms with E-state index in [-0.39, 0.29) is 0 Å². The molecule has 17 heavy (non-hydrogen) atoms. The summed E-state index contributed by atoms with van der Waals surface area (Å²) in [5, 5.41) is 3.57. The second-order valence-electron chi connectivity index (χ2n) is 5.33. The minimum atomic E-state index is 0.592. The first-order chi connectivity index (χ1) is 8.33. The van der Waals surface area contributed by atoms with Crippen LogP contribution < -0.4 is 5.32 Å². The van der Waals surface area contributed by atoms with Gasteiger partial charge in [-0.2, -0.15) is 0 Å². The van der Waals surface area contributed by atoms with Gasteiger partial charge in [0.1, 0.15) is 5.82 Å². The summed E-state index contributed by atoms with van der Waals surface area (Å²) in [6.07, 6.45) is 4.78. The van der Waals surface area contributed by atoms with Crippen molar-refractivity contribution in [3.63, 3.8) is 0 Å². The Morgan fingerprint density at radius 2 is 2.29 bits per heavy atom. The molecule has 1 N–H and O–H groups in total. The molecule has 0 radical (unpaired) electrons. The van der Waals surface area contributed by atoms with Crippen molar-refractivity contribution >= 4 is 16.7 Å². The van der Waals surface area contributed by atoms with E-state index < -0.39 is 0 Å². The zero-order valence-corrected chi connectivity index (χ0v) is 10.2. The lowest BCUT2D eigenvalue weighted by atomic mass is 9.98. The van der Waals surface area contributed by atoms with E-state index in [1.807, 2.05) is 0 Å². The largest absolute Gasteiger partial charge is 0.382 e. The van der Waals surface area contributed by atoms with Crippen molar-refractivity contribution in [2.75, 3.05) is 5.32 Å². The molecule has 0 bridgehead atoms. The summed E-state index contributed by atoms with van der Waals surface area (Å²) in [5.41, 5.74) is 5.32. The van der Waals surface area contributed by atoms with E-state index in [4.69, 9.17) is 4.98 Å². The molecule has 0 saturated heterocycles. The fraction of sp³-hybridized carbons (Fsp3) is 0.500. The average Bonchev–Trinajstić information content (AvgIpc) is 2.88. The molecule has 88 valence electrons. The highest BCUT2D eigenvalue weighted by Crippen LogP contribution is 2.33. The quantitative estimate of drug-likeness (QED) is 0.750. The topological polar surface area (TPSA) is 29.9 Å². The molecular formula is C14H17N3. The Morgan fingerprint density at radius 1 is 1.35 bits per heavy atom. The Bertz CT molecular complexity index is 597. The summed E-state index contributed by atoms with van der Waals surface area (Å²) < 4.78 is 2.40. The number of benzene rings is 1. The number of hydrogen-bond donors (Lipinski definition) is 1. The smallest absolute Gasteiger partial charge is 0.109 e. The Morgan fingerprint density at radius 3 is 3.24 bits per heavy atom. The number of rotatable bonds is 0. The van der Waals surface area contributed by atoms with Gasteiger partial charge in [-0.15, -0.1) is 0 Å². The van der Waals surface area contributed by atoms with Gasteiger partial charge in [0, 0.05) is 30.3 Å². The molecule has 0 spiro atoms. The number of nitrogens with zero attached hydrogens (tertiary/aromatic N) is 2. The molecule has 1 atom stereocenters. The number of aromatic nitrogens is 2. The van der Waals surface area contributed by atoms with Gasteiger partial charge in [-0.3, -0.25) is 0 Å². The van der Waals surface area contributed by atoms with E-state index in [1.54, 1.807) is 0 Å². The van der Waals surface area contributed by atoms with E-state index in [0.717, 1.165) is 19.4 Å². The molecule has 3 nitrogen and oxygen atoms in total. The van der Waals surface area contributed by atoms with E-state index in [2.05, 4.69) is 28.9 Å². The zero-order chi connectivity index (χ0) is 11.4. The second-order valence-corrected chi connectivity index (χ2v) is 5.33. The van der Waals surface area contributed by atoms with Crippen molar-refractivity contribution in [1.29, 1.82) is 0 Å². The number of nitrogens with one attached hydrogen (secondary N) is 1. The number of aryl methyl sites for hydroxylation is 3. The number of fused-ring (bicyclic) bond motifs is 5. The van der Waals surface area contributed by atoms with Gasteiger partial charge in [0.05, 0.1) is 11.0 Å². The fourth-order valence-corrected chi connectivity index (χ4v) is 3.22. The molecule has 0 unspecified atom stereocenters.